The number of aryl methyl sites for hydroxylation is 1. The highest BCUT2D eigenvalue weighted by molar-refractivity contribution is 7.80. The lowest BCUT2D eigenvalue weighted by Gasteiger charge is -2.29. The van der Waals surface area contributed by atoms with Gasteiger partial charge in [-0.05, 0) is 48.5 Å². The molecule has 8 heteroatoms. The first-order valence-electron chi connectivity index (χ1n) is 9.23. The van der Waals surface area contributed by atoms with E-state index in [1.165, 1.54) is 32.3 Å². The molecule has 1 aliphatic rings. The number of carbonyl (C=O) groups excluding carboxylic acids is 2. The summed E-state index contributed by atoms with van der Waals surface area (Å²) < 4.78 is 16.0. The van der Waals surface area contributed by atoms with Gasteiger partial charge in [-0.1, -0.05) is 19.1 Å². The van der Waals surface area contributed by atoms with Gasteiger partial charge in [-0.15, -0.1) is 0 Å². The van der Waals surface area contributed by atoms with Crippen molar-refractivity contribution in [3.05, 3.63) is 53.1 Å². The minimum atomic E-state index is -0.580. The Balaban J connectivity index is 2.06. The van der Waals surface area contributed by atoms with E-state index in [9.17, 15) is 9.59 Å². The fourth-order valence-corrected chi connectivity index (χ4v) is 3.37. The second-order valence-corrected chi connectivity index (χ2v) is 6.81. The largest absolute Gasteiger partial charge is 0.496 e. The van der Waals surface area contributed by atoms with E-state index in [2.05, 4.69) is 5.32 Å². The van der Waals surface area contributed by atoms with Crippen LogP contribution in [0, 0.1) is 0 Å². The van der Waals surface area contributed by atoms with Crippen molar-refractivity contribution in [2.75, 3.05) is 26.2 Å². The van der Waals surface area contributed by atoms with Gasteiger partial charge < -0.3 is 14.2 Å². The predicted molar refractivity (Wildman–Crippen MR) is 118 cm³/mol. The molecule has 0 unspecified atom stereocenters. The number of anilines is 1. The lowest BCUT2D eigenvalue weighted by molar-refractivity contribution is -0.122. The fourth-order valence-electron chi connectivity index (χ4n) is 3.09. The molecule has 1 aliphatic heterocycles. The Labute approximate surface area is 180 Å². The van der Waals surface area contributed by atoms with Gasteiger partial charge in [-0.3, -0.25) is 19.8 Å². The van der Waals surface area contributed by atoms with Crippen LogP contribution in [0.2, 0.25) is 0 Å². The Morgan fingerprint density at radius 2 is 1.57 bits per heavy atom. The van der Waals surface area contributed by atoms with Gasteiger partial charge in [0.05, 0.1) is 27.0 Å². The number of thiocarbonyl (C=S) groups is 1. The van der Waals surface area contributed by atoms with E-state index < -0.39 is 11.8 Å². The second-order valence-electron chi connectivity index (χ2n) is 6.43. The Bertz CT molecular complexity index is 1030. The van der Waals surface area contributed by atoms with Gasteiger partial charge in [0.15, 0.2) is 16.6 Å². The van der Waals surface area contributed by atoms with Crippen molar-refractivity contribution in [3.8, 4) is 17.2 Å². The number of hydrogen-bond acceptors (Lipinski definition) is 6. The number of methoxy groups -OCH3 is 3. The van der Waals surface area contributed by atoms with Crippen LogP contribution in [0.15, 0.2) is 42.0 Å². The zero-order chi connectivity index (χ0) is 21.8. The average Bonchev–Trinajstić information content (AvgIpc) is 2.76. The number of benzene rings is 2. The molecule has 3 rings (SSSR count). The van der Waals surface area contributed by atoms with Crippen LogP contribution in [0.25, 0.3) is 6.08 Å². The number of hydrogen-bond donors (Lipinski definition) is 1. The van der Waals surface area contributed by atoms with Crippen LogP contribution in [0.3, 0.4) is 0 Å². The van der Waals surface area contributed by atoms with Gasteiger partial charge in [0, 0.05) is 11.6 Å². The maximum atomic E-state index is 13.2. The van der Waals surface area contributed by atoms with E-state index in [4.69, 9.17) is 26.4 Å². The maximum absolute atomic E-state index is 13.2. The van der Waals surface area contributed by atoms with Crippen molar-refractivity contribution < 1.29 is 23.8 Å². The summed E-state index contributed by atoms with van der Waals surface area (Å²) >= 11 is 5.25. The molecule has 1 N–H and O–H groups in total. The highest BCUT2D eigenvalue weighted by Gasteiger charge is 2.34. The number of amides is 2. The Kier molecular flexibility index (Phi) is 6.37. The highest BCUT2D eigenvalue weighted by Crippen LogP contribution is 2.36. The van der Waals surface area contributed by atoms with Gasteiger partial charge in [-0.25, -0.2) is 0 Å². The summed E-state index contributed by atoms with van der Waals surface area (Å²) in [7, 11) is 4.50. The molecule has 1 fully saturated rings. The van der Waals surface area contributed by atoms with Crippen LogP contribution in [0.5, 0.6) is 17.2 Å². The van der Waals surface area contributed by atoms with Crippen molar-refractivity contribution in [2.24, 2.45) is 0 Å². The Morgan fingerprint density at radius 3 is 2.13 bits per heavy atom. The second kappa shape index (κ2) is 8.96. The van der Waals surface area contributed by atoms with Crippen LogP contribution >= 0.6 is 12.2 Å². The normalized spacial score (nSPS) is 15.3. The topological polar surface area (TPSA) is 77.1 Å². The zero-order valence-corrected chi connectivity index (χ0v) is 18.0. The van der Waals surface area contributed by atoms with E-state index in [1.807, 2.05) is 19.1 Å². The first kappa shape index (κ1) is 21.3. The number of nitrogens with zero attached hydrogens (tertiary/aromatic N) is 1. The number of nitrogens with one attached hydrogen (secondary N) is 1. The molecule has 1 saturated heterocycles. The van der Waals surface area contributed by atoms with Gasteiger partial charge >= 0.3 is 0 Å². The molecule has 0 bridgehead atoms. The van der Waals surface area contributed by atoms with Crippen LogP contribution in [0.4, 0.5) is 5.69 Å². The summed E-state index contributed by atoms with van der Waals surface area (Å²) in [4.78, 5) is 27.1. The number of carbonyl (C=O) groups is 2. The summed E-state index contributed by atoms with van der Waals surface area (Å²) in [6, 6.07) is 10.7. The molecule has 30 heavy (non-hydrogen) atoms. The van der Waals surface area contributed by atoms with Gasteiger partial charge in [0.25, 0.3) is 11.8 Å². The summed E-state index contributed by atoms with van der Waals surface area (Å²) in [5, 5.41) is 2.61. The molecule has 0 radical (unpaired) electrons. The highest BCUT2D eigenvalue weighted by atomic mass is 32.1. The van der Waals surface area contributed by atoms with Crippen molar-refractivity contribution >= 4 is 40.9 Å². The predicted octanol–water partition coefficient (Wildman–Crippen LogP) is 3.11. The molecular weight excluding hydrogens is 404 g/mol. The third kappa shape index (κ3) is 3.99. The average molecular weight is 426 g/mol. The quantitative estimate of drug-likeness (QED) is 0.435. The first-order chi connectivity index (χ1) is 14.4. The summed E-state index contributed by atoms with van der Waals surface area (Å²) in [6.45, 7) is 2.04. The lowest BCUT2D eigenvalue weighted by atomic mass is 10.0. The molecule has 0 saturated carbocycles. The molecule has 0 aromatic heterocycles. The van der Waals surface area contributed by atoms with Crippen LogP contribution in [0.1, 0.15) is 18.1 Å². The SMILES string of the molecule is CCc1ccc(N2C(=O)/C(=C/c3cc(OC)c(OC)cc3OC)C(=O)NC2=S)cc1. The van der Waals surface area contributed by atoms with Gasteiger partial charge in [0.2, 0.25) is 0 Å². The van der Waals surface area contributed by atoms with Gasteiger partial charge in [-0.2, -0.15) is 0 Å². The molecule has 0 atom stereocenters. The molecule has 156 valence electrons. The van der Waals surface area contributed by atoms with Gasteiger partial charge in [0.1, 0.15) is 11.3 Å². The third-order valence-corrected chi connectivity index (χ3v) is 5.02. The molecule has 0 spiro atoms. The summed E-state index contributed by atoms with van der Waals surface area (Å²) in [5.41, 5.74) is 2.12. The monoisotopic (exact) mass is 426 g/mol. The first-order valence-corrected chi connectivity index (χ1v) is 9.64. The van der Waals surface area contributed by atoms with Crippen molar-refractivity contribution in [2.45, 2.75) is 13.3 Å². The zero-order valence-electron chi connectivity index (χ0n) is 17.1. The van der Waals surface area contributed by atoms with Crippen LogP contribution in [-0.2, 0) is 16.0 Å². The minimum absolute atomic E-state index is 0.0330. The van der Waals surface area contributed by atoms with Crippen molar-refractivity contribution in [3.63, 3.8) is 0 Å². The molecule has 2 aromatic carbocycles. The van der Waals surface area contributed by atoms with Crippen molar-refractivity contribution in [1.82, 2.24) is 5.32 Å². The van der Waals surface area contributed by atoms with E-state index in [0.717, 1.165) is 12.0 Å². The summed E-state index contributed by atoms with van der Waals surface area (Å²) in [6.07, 6.45) is 2.33. The van der Waals surface area contributed by atoms with Crippen molar-refractivity contribution in [1.29, 1.82) is 0 Å². The molecule has 7 nitrogen and oxygen atoms in total. The number of ether oxygens (including phenoxy) is 3. The lowest BCUT2D eigenvalue weighted by Crippen LogP contribution is -2.54. The fraction of sp³-hybridized carbons (Fsp3) is 0.227. The smallest absolute Gasteiger partial charge is 0.270 e. The summed E-state index contributed by atoms with van der Waals surface area (Å²) in [5.74, 6) is 0.229. The van der Waals surface area contributed by atoms with E-state index in [-0.39, 0.29) is 10.7 Å². The Morgan fingerprint density at radius 1 is 0.967 bits per heavy atom. The molecule has 1 heterocycles. The standard InChI is InChI=1S/C22H22N2O5S/c1-5-13-6-8-15(9-7-13)24-21(26)16(20(25)23-22(24)30)10-14-11-18(28-3)19(29-4)12-17(14)27-2/h6-12H,5H2,1-4H3,(H,23,25,30)/b16-10+. The molecule has 2 amide bonds. The minimum Gasteiger partial charge on any atom is -0.496 e. The molecule has 0 aliphatic carbocycles. The van der Waals surface area contributed by atoms with Crippen LogP contribution < -0.4 is 24.4 Å². The number of rotatable bonds is 6. The van der Waals surface area contributed by atoms with E-state index >= 15 is 0 Å². The maximum Gasteiger partial charge on any atom is 0.270 e. The van der Waals surface area contributed by atoms with E-state index in [0.29, 0.717) is 28.5 Å². The molecular formula is C22H22N2O5S. The third-order valence-electron chi connectivity index (χ3n) is 4.74. The Hall–Kier alpha value is -3.39. The molecule has 2 aromatic rings. The van der Waals surface area contributed by atoms with E-state index in [1.54, 1.807) is 24.3 Å². The van der Waals surface area contributed by atoms with Crippen LogP contribution in [-0.4, -0.2) is 38.3 Å².